The first-order valence-electron chi connectivity index (χ1n) is 5.64. The summed E-state index contributed by atoms with van der Waals surface area (Å²) in [5, 5.41) is 0.643. The van der Waals surface area contributed by atoms with Gasteiger partial charge in [-0.05, 0) is 36.8 Å². The summed E-state index contributed by atoms with van der Waals surface area (Å²) >= 11 is 5.76. The van der Waals surface area contributed by atoms with Crippen molar-refractivity contribution in [1.82, 2.24) is 0 Å². The van der Waals surface area contributed by atoms with Crippen molar-refractivity contribution in [3.63, 3.8) is 0 Å². The normalized spacial score (nSPS) is 16.8. The maximum Gasteiger partial charge on any atom is 0.339 e. The van der Waals surface area contributed by atoms with Crippen molar-refractivity contribution in [1.29, 1.82) is 0 Å². The second-order valence-electron chi connectivity index (χ2n) is 4.05. The van der Waals surface area contributed by atoms with Crippen molar-refractivity contribution in [3.05, 3.63) is 64.4 Å². The van der Waals surface area contributed by atoms with Crippen LogP contribution in [0, 0.1) is 0 Å². The van der Waals surface area contributed by atoms with Gasteiger partial charge in [-0.25, -0.2) is 4.79 Å². The molecule has 1 aliphatic rings. The quantitative estimate of drug-likeness (QED) is 0.627. The molecule has 0 aromatic heterocycles. The zero-order valence-corrected chi connectivity index (χ0v) is 11.0. The molecule has 0 bridgehead atoms. The van der Waals surface area contributed by atoms with Gasteiger partial charge in [-0.2, -0.15) is 0 Å². The Kier molecular flexibility index (Phi) is 3.97. The van der Waals surface area contributed by atoms with Crippen molar-refractivity contribution < 1.29 is 14.3 Å². The topological polar surface area (TPSA) is 43.4 Å². The molecule has 1 aromatic carbocycles. The van der Waals surface area contributed by atoms with Crippen molar-refractivity contribution in [3.8, 4) is 0 Å². The summed E-state index contributed by atoms with van der Waals surface area (Å²) in [5.74, 6) is -0.391. The highest BCUT2D eigenvalue weighted by Gasteiger charge is 2.16. The van der Waals surface area contributed by atoms with Crippen LogP contribution >= 0.6 is 11.6 Å². The fourth-order valence-corrected chi connectivity index (χ4v) is 1.63. The summed E-state index contributed by atoms with van der Waals surface area (Å²) < 4.78 is 4.87. The highest BCUT2D eigenvalue weighted by atomic mass is 35.5. The Morgan fingerprint density at radius 1 is 1.26 bits per heavy atom. The van der Waals surface area contributed by atoms with Crippen LogP contribution in [0.2, 0.25) is 5.02 Å². The molecule has 1 aliphatic heterocycles. The van der Waals surface area contributed by atoms with Gasteiger partial charge in [0.2, 0.25) is 0 Å². The highest BCUT2D eigenvalue weighted by Crippen LogP contribution is 2.16. The minimum atomic E-state index is -0.416. The van der Waals surface area contributed by atoms with E-state index in [0.29, 0.717) is 10.6 Å². The van der Waals surface area contributed by atoms with E-state index in [1.54, 1.807) is 37.3 Å². The molecule has 0 aliphatic carbocycles. The van der Waals surface area contributed by atoms with Crippen LogP contribution in [-0.2, 0) is 14.3 Å². The van der Waals surface area contributed by atoms with E-state index in [0.717, 1.165) is 5.56 Å². The fraction of sp³-hybridized carbons (Fsp3) is 0.0667. The Bertz CT molecular complexity index is 607. The van der Waals surface area contributed by atoms with Gasteiger partial charge >= 0.3 is 5.97 Å². The number of allylic oxidation sites excluding steroid dienone is 3. The molecule has 19 heavy (non-hydrogen) atoms. The van der Waals surface area contributed by atoms with E-state index in [1.165, 1.54) is 18.2 Å². The predicted molar refractivity (Wildman–Crippen MR) is 73.4 cm³/mol. The Hall–Kier alpha value is -2.13. The number of halogens is 1. The van der Waals surface area contributed by atoms with E-state index in [4.69, 9.17) is 16.3 Å². The summed E-state index contributed by atoms with van der Waals surface area (Å²) in [4.78, 5) is 22.7. The average molecular weight is 275 g/mol. The van der Waals surface area contributed by atoms with Crippen LogP contribution in [0.5, 0.6) is 0 Å². The molecule has 0 fully saturated rings. The van der Waals surface area contributed by atoms with Crippen LogP contribution in [0.25, 0.3) is 6.08 Å². The van der Waals surface area contributed by atoms with Crippen LogP contribution in [0.15, 0.2) is 53.8 Å². The van der Waals surface area contributed by atoms with Gasteiger partial charge in [0.05, 0.1) is 0 Å². The number of ether oxygens (including phenoxy) is 1. The Morgan fingerprint density at radius 2 is 1.95 bits per heavy atom. The van der Waals surface area contributed by atoms with E-state index in [9.17, 15) is 9.59 Å². The minimum Gasteiger partial charge on any atom is -0.423 e. The molecule has 1 aromatic rings. The second-order valence-corrected chi connectivity index (χ2v) is 4.49. The van der Waals surface area contributed by atoms with Crippen LogP contribution in [0.1, 0.15) is 12.5 Å². The van der Waals surface area contributed by atoms with Crippen LogP contribution < -0.4 is 0 Å². The van der Waals surface area contributed by atoms with Crippen molar-refractivity contribution in [2.45, 2.75) is 6.92 Å². The number of rotatable bonds is 3. The first-order chi connectivity index (χ1) is 9.04. The third kappa shape index (κ3) is 3.66. The molecule has 2 rings (SSSR count). The summed E-state index contributed by atoms with van der Waals surface area (Å²) in [6.45, 7) is 1.64. The number of hydrogen-bond acceptors (Lipinski definition) is 3. The number of cyclic esters (lactones) is 1. The lowest BCUT2D eigenvalue weighted by Crippen LogP contribution is -1.96. The number of carbonyl (C=O) groups is 2. The van der Waals surface area contributed by atoms with Gasteiger partial charge in [-0.15, -0.1) is 0 Å². The van der Waals surface area contributed by atoms with Crippen LogP contribution in [-0.4, -0.2) is 11.8 Å². The van der Waals surface area contributed by atoms with E-state index >= 15 is 0 Å². The molecule has 0 unspecified atom stereocenters. The lowest BCUT2D eigenvalue weighted by Gasteiger charge is -1.94. The summed E-state index contributed by atoms with van der Waals surface area (Å²) in [6.07, 6.45) is 5.89. The van der Waals surface area contributed by atoms with Crippen LogP contribution in [0.4, 0.5) is 0 Å². The molecule has 0 saturated carbocycles. The number of hydrogen-bond donors (Lipinski definition) is 0. The van der Waals surface area contributed by atoms with Gasteiger partial charge in [-0.1, -0.05) is 29.8 Å². The standard InChI is InChI=1S/C15H11ClO3/c1-10-8-14(19-15(10)18)9-13(17)7-4-11-2-5-12(16)6-3-11/h2-9H,1H3/b7-4+,14-9+. The second kappa shape index (κ2) is 5.67. The van der Waals surface area contributed by atoms with Gasteiger partial charge in [0.1, 0.15) is 5.76 Å². The maximum atomic E-state index is 11.6. The zero-order valence-electron chi connectivity index (χ0n) is 10.2. The van der Waals surface area contributed by atoms with E-state index < -0.39 is 5.97 Å². The number of ketones is 1. The molecule has 0 saturated heterocycles. The number of carbonyl (C=O) groups excluding carboxylic acids is 2. The molecule has 3 nitrogen and oxygen atoms in total. The molecule has 96 valence electrons. The van der Waals surface area contributed by atoms with Crippen LogP contribution in [0.3, 0.4) is 0 Å². The maximum absolute atomic E-state index is 11.6. The number of benzene rings is 1. The van der Waals surface area contributed by atoms with Gasteiger partial charge < -0.3 is 4.74 Å². The largest absolute Gasteiger partial charge is 0.423 e. The van der Waals surface area contributed by atoms with Gasteiger partial charge in [0.25, 0.3) is 0 Å². The first-order valence-corrected chi connectivity index (χ1v) is 6.02. The van der Waals surface area contributed by atoms with E-state index in [2.05, 4.69) is 0 Å². The zero-order chi connectivity index (χ0) is 13.8. The summed E-state index contributed by atoms with van der Waals surface area (Å²) in [5.41, 5.74) is 1.35. The lowest BCUT2D eigenvalue weighted by atomic mass is 10.2. The SMILES string of the molecule is CC1=C/C(=C\C(=O)/C=C/c2ccc(Cl)cc2)OC1=O. The van der Waals surface area contributed by atoms with Crippen molar-refractivity contribution in [2.75, 3.05) is 0 Å². The molecule has 0 spiro atoms. The molecule has 1 heterocycles. The monoisotopic (exact) mass is 274 g/mol. The third-order valence-electron chi connectivity index (χ3n) is 2.49. The molecule has 0 radical (unpaired) electrons. The Morgan fingerprint density at radius 3 is 2.53 bits per heavy atom. The van der Waals surface area contributed by atoms with Gasteiger partial charge in [0, 0.05) is 16.7 Å². The first kappa shape index (κ1) is 13.3. The average Bonchev–Trinajstić information content (AvgIpc) is 2.67. The van der Waals surface area contributed by atoms with Gasteiger partial charge in [0.15, 0.2) is 5.78 Å². The molecule has 4 heteroatoms. The molecule has 0 atom stereocenters. The third-order valence-corrected chi connectivity index (χ3v) is 2.74. The number of esters is 1. The summed E-state index contributed by atoms with van der Waals surface area (Å²) in [6, 6.07) is 7.10. The lowest BCUT2D eigenvalue weighted by molar-refractivity contribution is -0.133. The Balaban J connectivity index is 2.04. The Labute approximate surface area is 115 Å². The van der Waals surface area contributed by atoms with Crippen molar-refractivity contribution >= 4 is 29.4 Å². The van der Waals surface area contributed by atoms with E-state index in [1.807, 2.05) is 0 Å². The van der Waals surface area contributed by atoms with Crippen molar-refractivity contribution in [2.24, 2.45) is 0 Å². The predicted octanol–water partition coefficient (Wildman–Crippen LogP) is 3.31. The highest BCUT2D eigenvalue weighted by molar-refractivity contribution is 6.30. The summed E-state index contributed by atoms with van der Waals surface area (Å²) in [7, 11) is 0. The molecular weight excluding hydrogens is 264 g/mol. The smallest absolute Gasteiger partial charge is 0.339 e. The molecule has 0 amide bonds. The molecule has 0 N–H and O–H groups in total. The fourth-order valence-electron chi connectivity index (χ4n) is 1.50. The van der Waals surface area contributed by atoms with E-state index in [-0.39, 0.29) is 11.5 Å². The molecular formula is C15H11ClO3. The minimum absolute atomic E-state index is 0.247. The van der Waals surface area contributed by atoms with Gasteiger partial charge in [-0.3, -0.25) is 4.79 Å².